The van der Waals surface area contributed by atoms with Crippen LogP contribution in [0, 0.1) is 18.9 Å². The largest absolute Gasteiger partial charge is 0.165 e. The summed E-state index contributed by atoms with van der Waals surface area (Å²) in [5.74, 6) is 0.560. The molecular weight excluding hydrogens is 563 g/mol. The molecule has 0 spiro atoms. The number of allylic oxidation sites excluding steroid dienone is 4. The Morgan fingerprint density at radius 2 is 1.46 bits per heavy atom. The second-order valence-corrected chi connectivity index (χ2v) is 18.6. The molecule has 35 heavy (non-hydrogen) atoms. The van der Waals surface area contributed by atoms with Crippen molar-refractivity contribution in [1.82, 2.24) is 0 Å². The molecule has 0 amide bonds. The molecule has 0 saturated heterocycles. The Morgan fingerprint density at radius 1 is 0.829 bits per heavy atom. The Morgan fingerprint density at radius 3 is 2.00 bits per heavy atom. The third-order valence-electron chi connectivity index (χ3n) is 6.19. The zero-order chi connectivity index (χ0) is 24.1. The van der Waals surface area contributed by atoms with Crippen molar-refractivity contribution in [2.45, 2.75) is 47.7 Å². The smallest absolute Gasteiger partial charge is 0.0178 e. The molecule has 0 aromatic heterocycles. The average Bonchev–Trinajstić information content (AvgIpc) is 3.27. The minimum Gasteiger partial charge on any atom is -0.165 e. The number of rotatable bonds is 1. The minimum absolute atomic E-state index is 0. The Bertz CT molecular complexity index is 1360. The van der Waals surface area contributed by atoms with Crippen molar-refractivity contribution in [3.05, 3.63) is 101 Å². The first-order valence-electron chi connectivity index (χ1n) is 11.6. The van der Waals surface area contributed by atoms with Crippen molar-refractivity contribution in [2.24, 2.45) is 5.92 Å². The number of benzene rings is 3. The number of halogens is 2. The summed E-state index contributed by atoms with van der Waals surface area (Å²) in [6.45, 7) is 15.4. The zero-order valence-electron chi connectivity index (χ0n) is 21.8. The number of hydrogen-bond donors (Lipinski definition) is 0. The maximum atomic E-state index is 3.36. The molecule has 1 aliphatic rings. The van der Waals surface area contributed by atoms with Crippen LogP contribution in [0.2, 0.25) is 13.1 Å². The predicted octanol–water partition coefficient (Wildman–Crippen LogP) is 10.0. The molecule has 0 radical (unpaired) electrons. The van der Waals surface area contributed by atoms with Crippen LogP contribution in [0.1, 0.15) is 33.3 Å². The molecule has 4 aromatic carbocycles. The molecule has 1 unspecified atom stereocenters. The fourth-order valence-corrected chi connectivity index (χ4v) is 4.15. The van der Waals surface area contributed by atoms with Crippen molar-refractivity contribution in [3.8, 4) is 11.1 Å². The third kappa shape index (κ3) is 8.36. The minimum atomic E-state index is 0. The van der Waals surface area contributed by atoms with Crippen LogP contribution in [0.5, 0.6) is 0 Å². The van der Waals surface area contributed by atoms with Gasteiger partial charge in [0.1, 0.15) is 0 Å². The summed E-state index contributed by atoms with van der Waals surface area (Å²) >= 11 is 1.74. The van der Waals surface area contributed by atoms with Gasteiger partial charge in [-0.3, -0.25) is 6.08 Å². The van der Waals surface area contributed by atoms with Crippen molar-refractivity contribution in [2.75, 3.05) is 0 Å². The van der Waals surface area contributed by atoms with Crippen LogP contribution in [0.25, 0.3) is 32.7 Å². The topological polar surface area (TPSA) is 0 Å². The Labute approximate surface area is 239 Å². The van der Waals surface area contributed by atoms with E-state index in [9.17, 15) is 0 Å². The van der Waals surface area contributed by atoms with E-state index in [1.807, 2.05) is 0 Å². The summed E-state index contributed by atoms with van der Waals surface area (Å²) in [4.78, 5) is 0. The molecule has 1 aliphatic carbocycles. The number of hydrogen-bond acceptors (Lipinski definition) is 0. The van der Waals surface area contributed by atoms with Gasteiger partial charge < -0.3 is 0 Å². The quantitative estimate of drug-likeness (QED) is 0.151. The van der Waals surface area contributed by atoms with E-state index in [2.05, 4.69) is 127 Å². The first-order valence-corrected chi connectivity index (χ1v) is 17.8. The molecule has 1 atom stereocenters. The SMILES string of the molecule is CC1=[C-]C(C)C(C)=C1C.C[Si](C)=[Zr+2].Cc1cc2c(-c3ccc4ccccc4c3)cccc2[cH-]1.Cl.Cl. The maximum absolute atomic E-state index is 3.36. The Balaban J connectivity index is 0.000000346. The second kappa shape index (κ2) is 14.4. The van der Waals surface area contributed by atoms with Crippen LogP contribution in [-0.4, -0.2) is 5.43 Å². The molecular formula is C31H36Cl2SiZr. The van der Waals surface area contributed by atoms with Gasteiger partial charge in [-0.25, -0.2) is 5.57 Å². The van der Waals surface area contributed by atoms with Gasteiger partial charge in [0.25, 0.3) is 0 Å². The number of fused-ring (bicyclic) bond motifs is 2. The van der Waals surface area contributed by atoms with Gasteiger partial charge in [0.15, 0.2) is 0 Å². The zero-order valence-corrected chi connectivity index (χ0v) is 26.9. The molecule has 0 heterocycles. The summed E-state index contributed by atoms with van der Waals surface area (Å²) < 4.78 is 0. The van der Waals surface area contributed by atoms with Gasteiger partial charge in [0, 0.05) is 0 Å². The molecule has 5 rings (SSSR count). The molecule has 182 valence electrons. The van der Waals surface area contributed by atoms with Gasteiger partial charge in [-0.05, 0) is 22.4 Å². The molecule has 0 N–H and O–H groups in total. The third-order valence-corrected chi connectivity index (χ3v) is 6.19. The van der Waals surface area contributed by atoms with E-state index in [-0.39, 0.29) is 30.2 Å². The monoisotopic (exact) mass is 596 g/mol. The summed E-state index contributed by atoms with van der Waals surface area (Å²) in [6, 6.07) is 26.3. The Kier molecular flexibility index (Phi) is 13.1. The van der Waals surface area contributed by atoms with Gasteiger partial charge in [-0.15, -0.1) is 66.3 Å². The fraction of sp³-hybridized carbons (Fsp3) is 0.258. The van der Waals surface area contributed by atoms with Crippen LogP contribution in [0.3, 0.4) is 0 Å². The van der Waals surface area contributed by atoms with E-state index in [1.165, 1.54) is 55.0 Å². The molecule has 0 fully saturated rings. The summed E-state index contributed by atoms with van der Waals surface area (Å²) in [5.41, 5.74) is 8.40. The van der Waals surface area contributed by atoms with Gasteiger partial charge >= 0.3 is 41.9 Å². The van der Waals surface area contributed by atoms with Gasteiger partial charge in [-0.1, -0.05) is 81.6 Å². The van der Waals surface area contributed by atoms with Gasteiger partial charge in [-0.2, -0.15) is 17.2 Å². The molecule has 0 saturated carbocycles. The van der Waals surface area contributed by atoms with Crippen LogP contribution < -0.4 is 0 Å². The molecule has 0 nitrogen and oxygen atoms in total. The van der Waals surface area contributed by atoms with E-state index in [0.717, 1.165) is 0 Å². The number of aryl methyl sites for hydroxylation is 1. The summed E-state index contributed by atoms with van der Waals surface area (Å²) in [5, 5.41) is 5.26. The maximum Gasteiger partial charge on any atom is -0.0178 e. The van der Waals surface area contributed by atoms with Crippen molar-refractivity contribution in [3.63, 3.8) is 0 Å². The predicted molar refractivity (Wildman–Crippen MR) is 159 cm³/mol. The standard InChI is InChI=1S/C20H15.C9H13.C2H6Si.2ClH.Zr/c1-14-11-17-7-4-8-19(20(17)12-14)18-10-9-15-5-2-3-6-16(15)13-18;1-6-5-7(2)9(4)8(6)3;1-3-2;;;/h2-13H,1H3;6H,1-4H3;1-2H3;2*1H;/q2*-1;;;;+2. The average molecular weight is 599 g/mol. The van der Waals surface area contributed by atoms with Crippen LogP contribution in [0.15, 0.2) is 89.5 Å². The van der Waals surface area contributed by atoms with E-state index in [0.29, 0.717) is 5.92 Å². The van der Waals surface area contributed by atoms with Gasteiger partial charge in [0.05, 0.1) is 0 Å². The van der Waals surface area contributed by atoms with E-state index < -0.39 is 0 Å². The fourth-order valence-electron chi connectivity index (χ4n) is 4.15. The first kappa shape index (κ1) is 31.7. The Hall–Kier alpha value is -1.31. The molecule has 4 aromatic rings. The van der Waals surface area contributed by atoms with Crippen LogP contribution in [0.4, 0.5) is 0 Å². The van der Waals surface area contributed by atoms with E-state index >= 15 is 0 Å². The molecule has 0 aliphatic heterocycles. The second-order valence-electron chi connectivity index (χ2n) is 9.20. The van der Waals surface area contributed by atoms with E-state index in [4.69, 9.17) is 0 Å². The van der Waals surface area contributed by atoms with Crippen LogP contribution >= 0.6 is 24.8 Å². The van der Waals surface area contributed by atoms with Crippen molar-refractivity contribution >= 4 is 51.8 Å². The molecule has 4 heteroatoms. The van der Waals surface area contributed by atoms with Crippen LogP contribution in [-0.2, 0) is 23.3 Å². The normalized spacial score (nSPS) is 14.2. The van der Waals surface area contributed by atoms with E-state index in [1.54, 1.807) is 23.3 Å². The van der Waals surface area contributed by atoms with Gasteiger partial charge in [0.2, 0.25) is 0 Å². The summed E-state index contributed by atoms with van der Waals surface area (Å²) in [6.07, 6.45) is 3.36. The van der Waals surface area contributed by atoms with Crippen molar-refractivity contribution in [1.29, 1.82) is 0 Å². The van der Waals surface area contributed by atoms with Crippen molar-refractivity contribution < 1.29 is 23.3 Å². The molecule has 0 bridgehead atoms. The first-order chi connectivity index (χ1) is 15.7. The summed E-state index contributed by atoms with van der Waals surface area (Å²) in [7, 11) is 0.